The molecule has 0 aliphatic carbocycles. The number of nitro groups is 1. The lowest BCUT2D eigenvalue weighted by Gasteiger charge is -2.12. The summed E-state index contributed by atoms with van der Waals surface area (Å²) in [5.41, 5.74) is 1.21. The first-order valence-electron chi connectivity index (χ1n) is 9.11. The molecule has 1 N–H and O–H groups in total. The highest BCUT2D eigenvalue weighted by molar-refractivity contribution is 7.99. The van der Waals surface area contributed by atoms with Gasteiger partial charge in [0.1, 0.15) is 0 Å². The van der Waals surface area contributed by atoms with E-state index in [1.165, 1.54) is 23.8 Å². The number of methoxy groups -OCH3 is 1. The van der Waals surface area contributed by atoms with Gasteiger partial charge < -0.3 is 10.1 Å². The molecule has 0 spiro atoms. The van der Waals surface area contributed by atoms with Crippen molar-refractivity contribution in [1.82, 2.24) is 9.55 Å². The molecule has 3 rings (SSSR count). The van der Waals surface area contributed by atoms with E-state index < -0.39 is 4.92 Å². The van der Waals surface area contributed by atoms with Crippen LogP contribution in [0.25, 0.3) is 10.9 Å². The van der Waals surface area contributed by atoms with E-state index in [1.54, 1.807) is 31.2 Å². The minimum Gasteiger partial charge on any atom is -0.490 e. The van der Waals surface area contributed by atoms with E-state index >= 15 is 0 Å². The van der Waals surface area contributed by atoms with Crippen molar-refractivity contribution in [1.29, 1.82) is 0 Å². The number of nitrogens with zero attached hydrogens (tertiary/aromatic N) is 3. The number of carbonyl (C=O) groups excluding carboxylic acids is 1. The van der Waals surface area contributed by atoms with Crippen LogP contribution in [0.3, 0.4) is 0 Å². The van der Waals surface area contributed by atoms with Gasteiger partial charge in [-0.3, -0.25) is 24.3 Å². The largest absolute Gasteiger partial charge is 0.490 e. The SMILES string of the molecule is CCn1c(SCC(=O)Nc2cc(OC)c([N+](=O)[O-])cc2C)nc2ccccc2c1=O. The molecule has 0 bridgehead atoms. The van der Waals surface area contributed by atoms with Crippen LogP contribution in [0.2, 0.25) is 0 Å². The van der Waals surface area contributed by atoms with Crippen LogP contribution in [0, 0.1) is 17.0 Å². The fourth-order valence-corrected chi connectivity index (χ4v) is 3.83. The molecule has 156 valence electrons. The van der Waals surface area contributed by atoms with Gasteiger partial charge in [0.15, 0.2) is 10.9 Å². The predicted octanol–water partition coefficient (Wildman–Crippen LogP) is 3.37. The second-order valence-corrected chi connectivity index (χ2v) is 7.34. The summed E-state index contributed by atoms with van der Waals surface area (Å²) in [6.07, 6.45) is 0. The Balaban J connectivity index is 1.80. The number of carbonyl (C=O) groups is 1. The molecule has 10 heteroatoms. The average Bonchev–Trinajstić information content (AvgIpc) is 2.73. The topological polar surface area (TPSA) is 116 Å². The number of aromatic nitrogens is 2. The number of fused-ring (bicyclic) bond motifs is 1. The van der Waals surface area contributed by atoms with Gasteiger partial charge in [-0.15, -0.1) is 0 Å². The van der Waals surface area contributed by atoms with Crippen LogP contribution < -0.4 is 15.6 Å². The van der Waals surface area contributed by atoms with E-state index in [-0.39, 0.29) is 28.7 Å². The number of para-hydroxylation sites is 1. The molecule has 0 unspecified atom stereocenters. The normalized spacial score (nSPS) is 10.8. The van der Waals surface area contributed by atoms with Crippen molar-refractivity contribution in [3.63, 3.8) is 0 Å². The number of thioether (sulfide) groups is 1. The monoisotopic (exact) mass is 428 g/mol. The molecule has 0 aliphatic rings. The van der Waals surface area contributed by atoms with Crippen molar-refractivity contribution in [2.75, 3.05) is 18.2 Å². The highest BCUT2D eigenvalue weighted by Crippen LogP contribution is 2.33. The number of amides is 1. The number of anilines is 1. The van der Waals surface area contributed by atoms with Crippen LogP contribution in [-0.4, -0.2) is 33.2 Å². The van der Waals surface area contributed by atoms with Crippen LogP contribution in [0.15, 0.2) is 46.3 Å². The molecule has 30 heavy (non-hydrogen) atoms. The lowest BCUT2D eigenvalue weighted by Crippen LogP contribution is -2.23. The van der Waals surface area contributed by atoms with E-state index in [4.69, 9.17) is 4.74 Å². The van der Waals surface area contributed by atoms with Crippen molar-refractivity contribution in [3.05, 3.63) is 62.4 Å². The molecule has 3 aromatic rings. The zero-order valence-electron chi connectivity index (χ0n) is 16.7. The maximum atomic E-state index is 12.7. The van der Waals surface area contributed by atoms with Gasteiger partial charge in [-0.25, -0.2) is 4.98 Å². The Morgan fingerprint density at radius 2 is 2.07 bits per heavy atom. The molecule has 0 fully saturated rings. The van der Waals surface area contributed by atoms with E-state index in [2.05, 4.69) is 10.3 Å². The van der Waals surface area contributed by atoms with Gasteiger partial charge in [0.05, 0.1) is 28.7 Å². The molecular weight excluding hydrogens is 408 g/mol. The summed E-state index contributed by atoms with van der Waals surface area (Å²) in [5.74, 6) is -0.252. The minimum absolute atomic E-state index is 0.0174. The number of hydrogen-bond donors (Lipinski definition) is 1. The first kappa shape index (κ1) is 21.3. The first-order valence-corrected chi connectivity index (χ1v) is 10.1. The maximum absolute atomic E-state index is 12.7. The van der Waals surface area contributed by atoms with Gasteiger partial charge in [-0.1, -0.05) is 23.9 Å². The lowest BCUT2D eigenvalue weighted by atomic mass is 10.1. The Hall–Kier alpha value is -3.40. The van der Waals surface area contributed by atoms with Gasteiger partial charge >= 0.3 is 5.69 Å². The summed E-state index contributed by atoms with van der Waals surface area (Å²) in [6, 6.07) is 9.84. The standard InChI is InChI=1S/C20H20N4O5S/c1-4-23-19(26)13-7-5-6-8-14(13)22-20(23)30-11-18(25)21-15-10-17(29-3)16(24(27)28)9-12(15)2/h5-10H,4,11H2,1-3H3,(H,21,25). The van der Waals surface area contributed by atoms with Crippen molar-refractivity contribution >= 4 is 39.9 Å². The van der Waals surface area contributed by atoms with Crippen molar-refractivity contribution < 1.29 is 14.5 Å². The molecular formula is C20H20N4O5S. The zero-order valence-corrected chi connectivity index (χ0v) is 17.5. The average molecular weight is 428 g/mol. The van der Waals surface area contributed by atoms with Gasteiger partial charge in [0.25, 0.3) is 5.56 Å². The summed E-state index contributed by atoms with van der Waals surface area (Å²) in [4.78, 5) is 40.2. The predicted molar refractivity (Wildman–Crippen MR) is 115 cm³/mol. The van der Waals surface area contributed by atoms with Gasteiger partial charge in [0.2, 0.25) is 5.91 Å². The zero-order chi connectivity index (χ0) is 21.8. The summed E-state index contributed by atoms with van der Waals surface area (Å²) in [7, 11) is 1.33. The molecule has 0 saturated carbocycles. The molecule has 9 nitrogen and oxygen atoms in total. The van der Waals surface area contributed by atoms with Gasteiger partial charge in [-0.05, 0) is 31.5 Å². The van der Waals surface area contributed by atoms with Crippen molar-refractivity contribution in [2.45, 2.75) is 25.5 Å². The van der Waals surface area contributed by atoms with E-state index in [0.717, 1.165) is 11.8 Å². The van der Waals surface area contributed by atoms with Crippen molar-refractivity contribution in [2.24, 2.45) is 0 Å². The van der Waals surface area contributed by atoms with E-state index in [9.17, 15) is 19.7 Å². The Morgan fingerprint density at radius 1 is 1.33 bits per heavy atom. The molecule has 0 atom stereocenters. The molecule has 0 saturated heterocycles. The maximum Gasteiger partial charge on any atom is 0.311 e. The number of rotatable bonds is 7. The second kappa shape index (κ2) is 8.95. The smallest absolute Gasteiger partial charge is 0.311 e. The summed E-state index contributed by atoms with van der Waals surface area (Å²) in [5, 5.41) is 14.8. The Morgan fingerprint density at radius 3 is 2.73 bits per heavy atom. The van der Waals surface area contributed by atoms with Crippen molar-refractivity contribution in [3.8, 4) is 5.75 Å². The number of nitro benzene ring substituents is 1. The van der Waals surface area contributed by atoms with Crippen LogP contribution in [-0.2, 0) is 11.3 Å². The number of aryl methyl sites for hydroxylation is 1. The van der Waals surface area contributed by atoms with Crippen LogP contribution >= 0.6 is 11.8 Å². The molecule has 1 aromatic heterocycles. The summed E-state index contributed by atoms with van der Waals surface area (Å²) in [6.45, 7) is 3.93. The molecule has 1 amide bonds. The Kier molecular flexibility index (Phi) is 6.36. The van der Waals surface area contributed by atoms with Gasteiger partial charge in [-0.2, -0.15) is 0 Å². The number of hydrogen-bond acceptors (Lipinski definition) is 7. The summed E-state index contributed by atoms with van der Waals surface area (Å²) < 4.78 is 6.58. The van der Waals surface area contributed by atoms with E-state index in [1.807, 2.05) is 6.92 Å². The Labute approximate surface area is 176 Å². The molecule has 1 heterocycles. The third-order valence-corrected chi connectivity index (χ3v) is 5.45. The van der Waals surface area contributed by atoms with Crippen LogP contribution in [0.5, 0.6) is 5.75 Å². The number of benzene rings is 2. The van der Waals surface area contributed by atoms with Crippen LogP contribution in [0.1, 0.15) is 12.5 Å². The fourth-order valence-electron chi connectivity index (χ4n) is 2.97. The van der Waals surface area contributed by atoms with E-state index in [0.29, 0.717) is 33.9 Å². The third-order valence-electron chi connectivity index (χ3n) is 4.47. The highest BCUT2D eigenvalue weighted by atomic mass is 32.2. The number of nitrogens with one attached hydrogen (secondary N) is 1. The minimum atomic E-state index is -0.539. The first-order chi connectivity index (χ1) is 14.3. The fraction of sp³-hybridized carbons (Fsp3) is 0.250. The van der Waals surface area contributed by atoms with Crippen LogP contribution in [0.4, 0.5) is 11.4 Å². The highest BCUT2D eigenvalue weighted by Gasteiger charge is 2.19. The van der Waals surface area contributed by atoms with Gasteiger partial charge in [0, 0.05) is 24.4 Å². The molecule has 2 aromatic carbocycles. The third kappa shape index (κ3) is 4.28. The molecule has 0 radical (unpaired) electrons. The molecule has 0 aliphatic heterocycles. The Bertz CT molecular complexity index is 1190. The quantitative estimate of drug-likeness (QED) is 0.265. The summed E-state index contributed by atoms with van der Waals surface area (Å²) >= 11 is 1.15. The second-order valence-electron chi connectivity index (χ2n) is 6.39. The lowest BCUT2D eigenvalue weighted by molar-refractivity contribution is -0.385. The number of ether oxygens (including phenoxy) is 1.